The van der Waals surface area contributed by atoms with E-state index in [0.717, 1.165) is 17.7 Å². The molecule has 3 saturated heterocycles. The summed E-state index contributed by atoms with van der Waals surface area (Å²) in [6, 6.07) is 13.8. The maximum Gasteiger partial charge on any atom is 0.239 e. The van der Waals surface area contributed by atoms with Crippen LogP contribution in [0.5, 0.6) is 0 Å². The first-order valence-electron chi connectivity index (χ1n) is 9.57. The van der Waals surface area contributed by atoms with Crippen molar-refractivity contribution in [1.29, 1.82) is 0 Å². The van der Waals surface area contributed by atoms with Crippen LogP contribution in [0.4, 0.5) is 10.1 Å². The second-order valence-corrected chi connectivity index (χ2v) is 7.64. The summed E-state index contributed by atoms with van der Waals surface area (Å²) < 4.78 is 14.3. The summed E-state index contributed by atoms with van der Waals surface area (Å²) in [6.45, 7) is 0.696. The normalized spacial score (nSPS) is 29.2. The first kappa shape index (κ1) is 17.3. The molecule has 0 saturated carbocycles. The smallest absolute Gasteiger partial charge is 0.239 e. The van der Waals surface area contributed by atoms with Gasteiger partial charge in [-0.15, -0.1) is 0 Å². The van der Waals surface area contributed by atoms with Gasteiger partial charge in [0.1, 0.15) is 5.82 Å². The van der Waals surface area contributed by atoms with Gasteiger partial charge in [0.2, 0.25) is 11.8 Å². The average molecular weight is 378 g/mol. The van der Waals surface area contributed by atoms with Crippen molar-refractivity contribution in [1.82, 2.24) is 4.90 Å². The summed E-state index contributed by atoms with van der Waals surface area (Å²) in [6.07, 6.45) is 1.65. The molecular weight excluding hydrogens is 359 g/mol. The number of Topliss-reactive ketones (excluding diaryl/α,β-unsaturated/α-hetero) is 1. The standard InChI is InChI=1S/C22H19FN2O3/c23-14-9-4-5-10-15(14)25-21(27)17-16-11-6-12-24(16)19(18(17)22(25)28)20(26)13-7-2-1-3-8-13/h1-5,7-10,16-19H,6,11-12H2/t16-,17+,18+,19-/m0/s1. The number of nitrogens with zero attached hydrogens (tertiary/aromatic N) is 2. The Morgan fingerprint density at radius 1 is 0.929 bits per heavy atom. The number of para-hydroxylation sites is 1. The first-order valence-corrected chi connectivity index (χ1v) is 9.57. The number of fused-ring (bicyclic) bond motifs is 3. The Hall–Kier alpha value is -2.86. The molecule has 0 bridgehead atoms. The van der Waals surface area contributed by atoms with Crippen molar-refractivity contribution in [3.8, 4) is 0 Å². The first-order chi connectivity index (χ1) is 13.6. The predicted octanol–water partition coefficient (Wildman–Crippen LogP) is 2.66. The molecule has 0 aliphatic carbocycles. The van der Waals surface area contributed by atoms with Gasteiger partial charge >= 0.3 is 0 Å². The number of anilines is 1. The Labute approximate surface area is 161 Å². The summed E-state index contributed by atoms with van der Waals surface area (Å²) in [5, 5.41) is 0. The minimum Gasteiger partial charge on any atom is -0.292 e. The highest BCUT2D eigenvalue weighted by atomic mass is 19.1. The number of halogens is 1. The molecule has 4 atom stereocenters. The maximum absolute atomic E-state index is 14.3. The Morgan fingerprint density at radius 2 is 1.61 bits per heavy atom. The lowest BCUT2D eigenvalue weighted by Crippen LogP contribution is -2.46. The minimum atomic E-state index is -0.759. The van der Waals surface area contributed by atoms with E-state index < -0.39 is 29.6 Å². The second-order valence-electron chi connectivity index (χ2n) is 7.64. The van der Waals surface area contributed by atoms with Crippen molar-refractivity contribution in [3.05, 3.63) is 66.0 Å². The van der Waals surface area contributed by atoms with Gasteiger partial charge < -0.3 is 0 Å². The molecule has 5 nitrogen and oxygen atoms in total. The van der Waals surface area contributed by atoms with Crippen LogP contribution < -0.4 is 4.90 Å². The third-order valence-electron chi connectivity index (χ3n) is 6.27. The molecule has 0 aromatic heterocycles. The van der Waals surface area contributed by atoms with Gasteiger partial charge in [-0.05, 0) is 31.5 Å². The Kier molecular flexibility index (Phi) is 3.91. The molecular formula is C22H19FN2O3. The lowest BCUT2D eigenvalue weighted by molar-refractivity contribution is -0.123. The van der Waals surface area contributed by atoms with E-state index >= 15 is 0 Å². The van der Waals surface area contributed by atoms with Crippen molar-refractivity contribution < 1.29 is 18.8 Å². The van der Waals surface area contributed by atoms with Gasteiger partial charge in [0, 0.05) is 11.6 Å². The second kappa shape index (κ2) is 6.34. The molecule has 28 heavy (non-hydrogen) atoms. The molecule has 3 heterocycles. The highest BCUT2D eigenvalue weighted by Crippen LogP contribution is 2.48. The molecule has 2 aromatic carbocycles. The molecule has 5 rings (SSSR count). The van der Waals surface area contributed by atoms with Gasteiger partial charge in [0.25, 0.3) is 0 Å². The number of rotatable bonds is 3. The van der Waals surface area contributed by atoms with Gasteiger partial charge in [-0.25, -0.2) is 9.29 Å². The molecule has 142 valence electrons. The SMILES string of the molecule is O=C(c1ccccc1)[C@@H]1[C@@H]2C(=O)N(c3ccccc3F)C(=O)[C@@H]2[C@@H]2CCCN12. The Morgan fingerprint density at radius 3 is 2.36 bits per heavy atom. The number of hydrogen-bond donors (Lipinski definition) is 0. The van der Waals surface area contributed by atoms with E-state index in [-0.39, 0.29) is 23.4 Å². The van der Waals surface area contributed by atoms with E-state index in [4.69, 9.17) is 0 Å². The van der Waals surface area contributed by atoms with Crippen molar-refractivity contribution in [2.24, 2.45) is 11.8 Å². The summed E-state index contributed by atoms with van der Waals surface area (Å²) in [7, 11) is 0. The monoisotopic (exact) mass is 378 g/mol. The zero-order valence-corrected chi connectivity index (χ0v) is 15.1. The zero-order chi connectivity index (χ0) is 19.4. The van der Waals surface area contributed by atoms with Crippen LogP contribution in [0.3, 0.4) is 0 Å². The molecule has 0 unspecified atom stereocenters. The number of amides is 2. The number of imide groups is 1. The van der Waals surface area contributed by atoms with Gasteiger partial charge in [-0.2, -0.15) is 0 Å². The quantitative estimate of drug-likeness (QED) is 0.609. The molecule has 0 radical (unpaired) electrons. The molecule has 2 aromatic rings. The third-order valence-corrected chi connectivity index (χ3v) is 6.27. The largest absolute Gasteiger partial charge is 0.292 e. The number of benzene rings is 2. The van der Waals surface area contributed by atoms with Gasteiger partial charge in [0.05, 0.1) is 23.6 Å². The minimum absolute atomic E-state index is 0.0256. The Balaban J connectivity index is 1.58. The predicted molar refractivity (Wildman–Crippen MR) is 100 cm³/mol. The summed E-state index contributed by atoms with van der Waals surface area (Å²) >= 11 is 0. The van der Waals surface area contributed by atoms with E-state index in [0.29, 0.717) is 12.1 Å². The molecule has 3 aliphatic heterocycles. The molecule has 3 aliphatic rings. The van der Waals surface area contributed by atoms with Crippen molar-refractivity contribution >= 4 is 23.3 Å². The molecule has 0 spiro atoms. The molecule has 6 heteroatoms. The van der Waals surface area contributed by atoms with Gasteiger partial charge in [-0.1, -0.05) is 42.5 Å². The van der Waals surface area contributed by atoms with Crippen LogP contribution >= 0.6 is 0 Å². The van der Waals surface area contributed by atoms with E-state index in [1.165, 1.54) is 18.2 Å². The van der Waals surface area contributed by atoms with E-state index in [2.05, 4.69) is 0 Å². The van der Waals surface area contributed by atoms with Crippen LogP contribution in [-0.2, 0) is 9.59 Å². The van der Waals surface area contributed by atoms with Gasteiger partial charge in [0.15, 0.2) is 5.78 Å². The lowest BCUT2D eigenvalue weighted by Gasteiger charge is -2.27. The summed E-state index contributed by atoms with van der Waals surface area (Å²) in [4.78, 5) is 42.8. The van der Waals surface area contributed by atoms with Crippen molar-refractivity contribution in [3.63, 3.8) is 0 Å². The maximum atomic E-state index is 14.3. The van der Waals surface area contributed by atoms with Gasteiger partial charge in [-0.3, -0.25) is 19.3 Å². The van der Waals surface area contributed by atoms with Crippen LogP contribution in [0.1, 0.15) is 23.2 Å². The fourth-order valence-corrected chi connectivity index (χ4v) is 5.16. The van der Waals surface area contributed by atoms with Crippen LogP contribution in [0, 0.1) is 17.7 Å². The van der Waals surface area contributed by atoms with Crippen LogP contribution in [0.15, 0.2) is 54.6 Å². The number of ketones is 1. The molecule has 3 fully saturated rings. The van der Waals surface area contributed by atoms with E-state index in [1.54, 1.807) is 30.3 Å². The number of hydrogen-bond acceptors (Lipinski definition) is 4. The van der Waals surface area contributed by atoms with E-state index in [9.17, 15) is 18.8 Å². The Bertz CT molecular complexity index is 977. The fraction of sp³-hybridized carbons (Fsp3) is 0.318. The van der Waals surface area contributed by atoms with Crippen molar-refractivity contribution in [2.75, 3.05) is 11.4 Å². The fourth-order valence-electron chi connectivity index (χ4n) is 5.16. The number of carbonyl (C=O) groups is 3. The molecule has 0 N–H and O–H groups in total. The third kappa shape index (κ3) is 2.31. The van der Waals surface area contributed by atoms with Crippen LogP contribution in [0.2, 0.25) is 0 Å². The van der Waals surface area contributed by atoms with Crippen LogP contribution in [-0.4, -0.2) is 41.1 Å². The summed E-state index contributed by atoms with van der Waals surface area (Å²) in [5.74, 6) is -2.96. The van der Waals surface area contributed by atoms with E-state index in [1.807, 2.05) is 11.0 Å². The number of carbonyl (C=O) groups excluding carboxylic acids is 3. The van der Waals surface area contributed by atoms with Crippen molar-refractivity contribution in [2.45, 2.75) is 24.9 Å². The lowest BCUT2D eigenvalue weighted by atomic mass is 9.85. The molecule has 2 amide bonds. The summed E-state index contributed by atoms with van der Waals surface area (Å²) in [5.41, 5.74) is 0.505. The highest BCUT2D eigenvalue weighted by molar-refractivity contribution is 6.24. The highest BCUT2D eigenvalue weighted by Gasteiger charge is 2.64. The topological polar surface area (TPSA) is 57.7 Å². The zero-order valence-electron chi connectivity index (χ0n) is 15.1. The average Bonchev–Trinajstić information content (AvgIpc) is 3.35. The van der Waals surface area contributed by atoms with Crippen LogP contribution in [0.25, 0.3) is 0 Å².